The Bertz CT molecular complexity index is 573. The van der Waals surface area contributed by atoms with Gasteiger partial charge in [-0.2, -0.15) is 0 Å². The van der Waals surface area contributed by atoms with Crippen LogP contribution in [0.15, 0.2) is 35.3 Å². The van der Waals surface area contributed by atoms with Crippen LogP contribution in [0, 0.1) is 12.7 Å². The number of aryl methyl sites for hydroxylation is 1. The molecule has 2 nitrogen and oxygen atoms in total. The fraction of sp³-hybridized carbons (Fsp3) is 0.375. The van der Waals surface area contributed by atoms with E-state index in [1.165, 1.54) is 12.1 Å². The van der Waals surface area contributed by atoms with Gasteiger partial charge in [0.25, 0.3) is 0 Å². The number of hydrogen-bond donors (Lipinski definition) is 1. The second-order valence-electron chi connectivity index (χ2n) is 4.76. The van der Waals surface area contributed by atoms with Gasteiger partial charge in [0, 0.05) is 10.9 Å². The lowest BCUT2D eigenvalue weighted by atomic mass is 10.1. The normalized spacial score (nSPS) is 12.8. The maximum atomic E-state index is 13.3. The van der Waals surface area contributed by atoms with Crippen LogP contribution in [0.3, 0.4) is 0 Å². The van der Waals surface area contributed by atoms with Crippen LogP contribution in [0.5, 0.6) is 0 Å². The molecule has 19 heavy (non-hydrogen) atoms. The highest BCUT2D eigenvalue weighted by Gasteiger charge is 2.19. The molecular formula is C16H20FNO. The van der Waals surface area contributed by atoms with Crippen molar-refractivity contribution in [2.45, 2.75) is 32.7 Å². The summed E-state index contributed by atoms with van der Waals surface area (Å²) in [5.41, 5.74) is 1.74. The Balaban J connectivity index is 2.41. The first-order valence-electron chi connectivity index (χ1n) is 6.70. The predicted molar refractivity (Wildman–Crippen MR) is 76.8 cm³/mol. The smallest absolute Gasteiger partial charge is 0.134 e. The molecule has 0 bridgehead atoms. The summed E-state index contributed by atoms with van der Waals surface area (Å²) >= 11 is 0. The van der Waals surface area contributed by atoms with Crippen LogP contribution in [0.1, 0.15) is 37.1 Å². The number of hydrogen-bond acceptors (Lipinski definition) is 2. The van der Waals surface area contributed by atoms with Crippen molar-refractivity contribution in [2.24, 2.45) is 0 Å². The molecule has 1 aromatic carbocycles. The molecule has 0 saturated carbocycles. The number of nitrogens with one attached hydrogen (secondary N) is 1. The topological polar surface area (TPSA) is 25.2 Å². The third kappa shape index (κ3) is 2.87. The SMILES string of the molecule is C=CCC(NCCC)c1oc2ccc(F)cc2c1C. The van der Waals surface area contributed by atoms with E-state index in [1.54, 1.807) is 6.07 Å². The fourth-order valence-corrected chi connectivity index (χ4v) is 2.31. The van der Waals surface area contributed by atoms with Gasteiger partial charge >= 0.3 is 0 Å². The second kappa shape index (κ2) is 6.02. The molecule has 1 heterocycles. The van der Waals surface area contributed by atoms with Crippen LogP contribution in [0.25, 0.3) is 11.0 Å². The van der Waals surface area contributed by atoms with Gasteiger partial charge < -0.3 is 9.73 Å². The van der Waals surface area contributed by atoms with Crippen molar-refractivity contribution in [3.63, 3.8) is 0 Å². The summed E-state index contributed by atoms with van der Waals surface area (Å²) < 4.78 is 19.2. The lowest BCUT2D eigenvalue weighted by Gasteiger charge is -2.15. The third-order valence-electron chi connectivity index (χ3n) is 3.29. The average molecular weight is 261 g/mol. The van der Waals surface area contributed by atoms with Crippen LogP contribution in [-0.2, 0) is 0 Å². The second-order valence-corrected chi connectivity index (χ2v) is 4.76. The van der Waals surface area contributed by atoms with E-state index in [2.05, 4.69) is 18.8 Å². The monoisotopic (exact) mass is 261 g/mol. The Hall–Kier alpha value is -1.61. The molecule has 1 atom stereocenters. The maximum Gasteiger partial charge on any atom is 0.134 e. The molecule has 0 saturated heterocycles. The summed E-state index contributed by atoms with van der Waals surface area (Å²) in [5.74, 6) is 0.652. The van der Waals surface area contributed by atoms with Gasteiger partial charge in [0.1, 0.15) is 17.2 Å². The molecule has 1 unspecified atom stereocenters. The molecule has 1 N–H and O–H groups in total. The van der Waals surface area contributed by atoms with Crippen molar-refractivity contribution < 1.29 is 8.81 Å². The minimum Gasteiger partial charge on any atom is -0.459 e. The number of halogens is 1. The molecule has 1 aromatic heterocycles. The highest BCUT2D eigenvalue weighted by atomic mass is 19.1. The highest BCUT2D eigenvalue weighted by molar-refractivity contribution is 5.82. The van der Waals surface area contributed by atoms with E-state index in [1.807, 2.05) is 13.0 Å². The number of rotatable bonds is 6. The summed E-state index contributed by atoms with van der Waals surface area (Å²) in [6.07, 6.45) is 3.73. The molecule has 0 radical (unpaired) electrons. The van der Waals surface area contributed by atoms with Crippen molar-refractivity contribution in [3.8, 4) is 0 Å². The lowest BCUT2D eigenvalue weighted by molar-refractivity contribution is 0.429. The van der Waals surface area contributed by atoms with Gasteiger partial charge in [0.2, 0.25) is 0 Å². The van der Waals surface area contributed by atoms with Gasteiger partial charge in [0.05, 0.1) is 6.04 Å². The molecule has 0 spiro atoms. The standard InChI is InChI=1S/C16H20FNO/c1-4-6-14(18-9-5-2)16-11(3)13-10-12(17)7-8-15(13)19-16/h4,7-8,10,14,18H,1,5-6,9H2,2-3H3. The molecule has 102 valence electrons. The van der Waals surface area contributed by atoms with Crippen LogP contribution in [-0.4, -0.2) is 6.54 Å². The Labute approximate surface area is 113 Å². The van der Waals surface area contributed by atoms with E-state index >= 15 is 0 Å². The Morgan fingerprint density at radius 1 is 1.47 bits per heavy atom. The Morgan fingerprint density at radius 2 is 2.26 bits per heavy atom. The molecule has 2 aromatic rings. The first-order valence-corrected chi connectivity index (χ1v) is 6.70. The average Bonchev–Trinajstić information content (AvgIpc) is 2.72. The zero-order chi connectivity index (χ0) is 13.8. The van der Waals surface area contributed by atoms with Gasteiger partial charge in [0.15, 0.2) is 0 Å². The van der Waals surface area contributed by atoms with Crippen molar-refractivity contribution >= 4 is 11.0 Å². The highest BCUT2D eigenvalue weighted by Crippen LogP contribution is 2.31. The first-order chi connectivity index (χ1) is 9.17. The van der Waals surface area contributed by atoms with E-state index in [9.17, 15) is 4.39 Å². The van der Waals surface area contributed by atoms with Gasteiger partial charge in [-0.3, -0.25) is 0 Å². The predicted octanol–water partition coefficient (Wildman–Crippen LogP) is 4.50. The quantitative estimate of drug-likeness (QED) is 0.775. The summed E-state index contributed by atoms with van der Waals surface area (Å²) in [6, 6.07) is 4.75. The fourth-order valence-electron chi connectivity index (χ4n) is 2.31. The first kappa shape index (κ1) is 13.8. The van der Waals surface area contributed by atoms with Gasteiger partial charge in [-0.1, -0.05) is 13.0 Å². The van der Waals surface area contributed by atoms with Gasteiger partial charge in [-0.05, 0) is 44.5 Å². The molecule has 2 rings (SSSR count). The summed E-state index contributed by atoms with van der Waals surface area (Å²) in [7, 11) is 0. The Kier molecular flexibility index (Phi) is 4.38. The largest absolute Gasteiger partial charge is 0.459 e. The van der Waals surface area contributed by atoms with E-state index in [4.69, 9.17) is 4.42 Å². The van der Waals surface area contributed by atoms with Gasteiger partial charge in [-0.25, -0.2) is 4.39 Å². The molecular weight excluding hydrogens is 241 g/mol. The van der Waals surface area contributed by atoms with Crippen LogP contribution >= 0.6 is 0 Å². The minimum absolute atomic E-state index is 0.105. The zero-order valence-corrected chi connectivity index (χ0v) is 11.5. The minimum atomic E-state index is -0.232. The van der Waals surface area contributed by atoms with E-state index in [0.717, 1.165) is 41.7 Å². The summed E-state index contributed by atoms with van der Waals surface area (Å²) in [4.78, 5) is 0. The van der Waals surface area contributed by atoms with Crippen LogP contribution in [0.2, 0.25) is 0 Å². The molecule has 0 aliphatic heterocycles. The number of benzene rings is 1. The van der Waals surface area contributed by atoms with E-state index in [-0.39, 0.29) is 11.9 Å². The number of fused-ring (bicyclic) bond motifs is 1. The Morgan fingerprint density at radius 3 is 2.95 bits per heavy atom. The van der Waals surface area contributed by atoms with Crippen molar-refractivity contribution in [1.82, 2.24) is 5.32 Å². The van der Waals surface area contributed by atoms with Crippen LogP contribution in [0.4, 0.5) is 4.39 Å². The molecule has 0 amide bonds. The van der Waals surface area contributed by atoms with Crippen molar-refractivity contribution in [1.29, 1.82) is 0 Å². The van der Waals surface area contributed by atoms with Crippen molar-refractivity contribution in [2.75, 3.05) is 6.54 Å². The third-order valence-corrected chi connectivity index (χ3v) is 3.29. The molecule has 0 aliphatic rings. The summed E-state index contributed by atoms with van der Waals surface area (Å²) in [6.45, 7) is 8.81. The zero-order valence-electron chi connectivity index (χ0n) is 11.5. The molecule has 0 fully saturated rings. The van der Waals surface area contributed by atoms with E-state index < -0.39 is 0 Å². The van der Waals surface area contributed by atoms with Crippen LogP contribution < -0.4 is 5.32 Å². The number of furan rings is 1. The molecule has 3 heteroatoms. The molecule has 0 aliphatic carbocycles. The van der Waals surface area contributed by atoms with Gasteiger partial charge in [-0.15, -0.1) is 6.58 Å². The van der Waals surface area contributed by atoms with Crippen molar-refractivity contribution in [3.05, 3.63) is 48.0 Å². The lowest BCUT2D eigenvalue weighted by Crippen LogP contribution is -2.21. The van der Waals surface area contributed by atoms with E-state index in [0.29, 0.717) is 0 Å². The maximum absolute atomic E-state index is 13.3. The summed E-state index contributed by atoms with van der Waals surface area (Å²) in [5, 5.41) is 4.29.